The van der Waals surface area contributed by atoms with E-state index in [0.29, 0.717) is 23.6 Å². The van der Waals surface area contributed by atoms with Crippen LogP contribution in [0, 0.1) is 0 Å². The molecule has 2 aromatic carbocycles. The van der Waals surface area contributed by atoms with Crippen LogP contribution in [0.3, 0.4) is 0 Å². The zero-order chi connectivity index (χ0) is 21.5. The highest BCUT2D eigenvalue weighted by Gasteiger charge is 2.20. The van der Waals surface area contributed by atoms with Crippen LogP contribution in [0.4, 0.5) is 0 Å². The van der Waals surface area contributed by atoms with Gasteiger partial charge in [0.1, 0.15) is 17.0 Å². The number of nitrogens with zero attached hydrogens (tertiary/aromatic N) is 2. The molecule has 0 bridgehead atoms. The summed E-state index contributed by atoms with van der Waals surface area (Å²) in [5, 5.41) is 7.24. The van der Waals surface area contributed by atoms with Gasteiger partial charge in [-0.05, 0) is 17.7 Å². The number of furan rings is 1. The van der Waals surface area contributed by atoms with Crippen LogP contribution in [-0.2, 0) is 22.6 Å². The van der Waals surface area contributed by atoms with Gasteiger partial charge in [-0.1, -0.05) is 60.7 Å². The van der Waals surface area contributed by atoms with E-state index in [2.05, 4.69) is 10.4 Å². The molecule has 0 aliphatic heterocycles. The van der Waals surface area contributed by atoms with E-state index in [0.717, 1.165) is 11.1 Å². The molecule has 0 atom stereocenters. The quantitative estimate of drug-likeness (QED) is 0.444. The molecule has 2 heterocycles. The first kappa shape index (κ1) is 20.2. The summed E-state index contributed by atoms with van der Waals surface area (Å²) >= 11 is 0. The van der Waals surface area contributed by atoms with Gasteiger partial charge in [-0.15, -0.1) is 0 Å². The number of ether oxygens (including phenoxy) is 1. The lowest BCUT2D eigenvalue weighted by molar-refractivity contribution is -0.124. The van der Waals surface area contributed by atoms with Crippen molar-refractivity contribution in [3.05, 3.63) is 102 Å². The molecule has 4 rings (SSSR count). The van der Waals surface area contributed by atoms with Crippen LogP contribution in [0.2, 0.25) is 0 Å². The summed E-state index contributed by atoms with van der Waals surface area (Å²) in [6, 6.07) is 22.7. The van der Waals surface area contributed by atoms with Crippen molar-refractivity contribution < 1.29 is 18.7 Å². The summed E-state index contributed by atoms with van der Waals surface area (Å²) in [5.41, 5.74) is 2.67. The Morgan fingerprint density at radius 1 is 0.968 bits per heavy atom. The fourth-order valence-electron chi connectivity index (χ4n) is 3.09. The molecule has 1 N–H and O–H groups in total. The van der Waals surface area contributed by atoms with Gasteiger partial charge in [-0.2, -0.15) is 5.10 Å². The molecule has 1 amide bonds. The third-order valence-electron chi connectivity index (χ3n) is 4.59. The maximum absolute atomic E-state index is 12.8. The van der Waals surface area contributed by atoms with Crippen molar-refractivity contribution in [2.24, 2.45) is 0 Å². The summed E-state index contributed by atoms with van der Waals surface area (Å²) in [7, 11) is 0. The maximum Gasteiger partial charge on any atom is 0.342 e. The summed E-state index contributed by atoms with van der Waals surface area (Å²) in [6.07, 6.45) is 3.18. The first-order chi connectivity index (χ1) is 15.2. The Morgan fingerprint density at radius 2 is 1.71 bits per heavy atom. The molecular weight excluding hydrogens is 394 g/mol. The first-order valence-electron chi connectivity index (χ1n) is 9.82. The third kappa shape index (κ3) is 5.27. The first-order valence-corrected chi connectivity index (χ1v) is 9.82. The van der Waals surface area contributed by atoms with Crippen molar-refractivity contribution >= 4 is 11.9 Å². The van der Waals surface area contributed by atoms with Crippen molar-refractivity contribution in [1.29, 1.82) is 0 Å². The summed E-state index contributed by atoms with van der Waals surface area (Å²) in [5.74, 6) is -0.401. The molecule has 4 aromatic rings. The number of esters is 1. The molecular formula is C24H21N3O4. The van der Waals surface area contributed by atoms with E-state index < -0.39 is 18.5 Å². The summed E-state index contributed by atoms with van der Waals surface area (Å²) in [4.78, 5) is 24.8. The molecule has 2 aromatic heterocycles. The molecule has 0 saturated heterocycles. The van der Waals surface area contributed by atoms with Crippen LogP contribution in [0.5, 0.6) is 0 Å². The van der Waals surface area contributed by atoms with E-state index in [4.69, 9.17) is 9.15 Å². The van der Waals surface area contributed by atoms with Crippen LogP contribution in [-0.4, -0.2) is 28.3 Å². The highest BCUT2D eigenvalue weighted by Crippen LogP contribution is 2.23. The van der Waals surface area contributed by atoms with E-state index in [1.807, 2.05) is 60.7 Å². The molecule has 31 heavy (non-hydrogen) atoms. The highest BCUT2D eigenvalue weighted by atomic mass is 16.5. The molecule has 0 aliphatic carbocycles. The average Bonchev–Trinajstić information content (AvgIpc) is 3.47. The van der Waals surface area contributed by atoms with E-state index in [9.17, 15) is 9.59 Å². The number of aromatic nitrogens is 2. The summed E-state index contributed by atoms with van der Waals surface area (Å²) < 4.78 is 12.1. The minimum Gasteiger partial charge on any atom is -0.467 e. The smallest absolute Gasteiger partial charge is 0.342 e. The Morgan fingerprint density at radius 3 is 2.42 bits per heavy atom. The van der Waals surface area contributed by atoms with Crippen LogP contribution in [0.25, 0.3) is 11.3 Å². The predicted octanol–water partition coefficient (Wildman–Crippen LogP) is 3.66. The number of hydrogen-bond acceptors (Lipinski definition) is 5. The Hall–Kier alpha value is -4.13. The van der Waals surface area contributed by atoms with Crippen molar-refractivity contribution in [2.75, 3.05) is 6.61 Å². The highest BCUT2D eigenvalue weighted by molar-refractivity contribution is 5.97. The SMILES string of the molecule is O=C(COC(=O)c1cn(Cc2ccccc2)nc1-c1ccccc1)NCc1ccco1. The Kier molecular flexibility index (Phi) is 6.23. The second kappa shape index (κ2) is 9.58. The summed E-state index contributed by atoms with van der Waals surface area (Å²) in [6.45, 7) is 0.350. The van der Waals surface area contributed by atoms with E-state index in [-0.39, 0.29) is 6.54 Å². The maximum atomic E-state index is 12.8. The fraction of sp³-hybridized carbons (Fsp3) is 0.125. The van der Waals surface area contributed by atoms with Crippen molar-refractivity contribution in [3.63, 3.8) is 0 Å². The Labute approximate surface area is 179 Å². The van der Waals surface area contributed by atoms with E-state index >= 15 is 0 Å². The monoisotopic (exact) mass is 415 g/mol. The van der Waals surface area contributed by atoms with Gasteiger partial charge in [-0.25, -0.2) is 4.79 Å². The average molecular weight is 415 g/mol. The number of carbonyl (C=O) groups excluding carboxylic acids is 2. The van der Waals surface area contributed by atoms with Crippen LogP contribution in [0.15, 0.2) is 89.7 Å². The lowest BCUT2D eigenvalue weighted by Crippen LogP contribution is -2.28. The van der Waals surface area contributed by atoms with Crippen LogP contribution >= 0.6 is 0 Å². The van der Waals surface area contributed by atoms with Gasteiger partial charge in [0.2, 0.25) is 0 Å². The molecule has 0 radical (unpaired) electrons. The molecule has 0 saturated carbocycles. The van der Waals surface area contributed by atoms with Gasteiger partial charge in [0.25, 0.3) is 5.91 Å². The Bertz CT molecular complexity index is 1140. The molecule has 0 unspecified atom stereocenters. The minimum absolute atomic E-state index is 0.230. The van der Waals surface area contributed by atoms with Crippen molar-refractivity contribution in [1.82, 2.24) is 15.1 Å². The normalized spacial score (nSPS) is 10.6. The molecule has 0 fully saturated rings. The van der Waals surface area contributed by atoms with Crippen LogP contribution < -0.4 is 5.32 Å². The zero-order valence-electron chi connectivity index (χ0n) is 16.7. The largest absolute Gasteiger partial charge is 0.467 e. The number of nitrogens with one attached hydrogen (secondary N) is 1. The second-order valence-corrected chi connectivity index (χ2v) is 6.87. The van der Waals surface area contributed by atoms with Gasteiger partial charge >= 0.3 is 5.97 Å². The number of amides is 1. The number of hydrogen-bond donors (Lipinski definition) is 1. The number of benzene rings is 2. The zero-order valence-corrected chi connectivity index (χ0v) is 16.7. The molecule has 7 nitrogen and oxygen atoms in total. The lowest BCUT2D eigenvalue weighted by atomic mass is 10.1. The van der Waals surface area contributed by atoms with Gasteiger partial charge in [0.05, 0.1) is 19.4 Å². The van der Waals surface area contributed by atoms with E-state index in [1.54, 1.807) is 23.0 Å². The molecule has 0 aliphatic rings. The number of rotatable bonds is 8. The predicted molar refractivity (Wildman–Crippen MR) is 114 cm³/mol. The Balaban J connectivity index is 1.47. The van der Waals surface area contributed by atoms with Gasteiger partial charge in [0, 0.05) is 11.8 Å². The molecule has 7 heteroatoms. The fourth-order valence-corrected chi connectivity index (χ4v) is 3.09. The lowest BCUT2D eigenvalue weighted by Gasteiger charge is -2.06. The van der Waals surface area contributed by atoms with Crippen molar-refractivity contribution in [3.8, 4) is 11.3 Å². The van der Waals surface area contributed by atoms with Crippen molar-refractivity contribution in [2.45, 2.75) is 13.1 Å². The van der Waals surface area contributed by atoms with Gasteiger partial charge in [0.15, 0.2) is 6.61 Å². The topological polar surface area (TPSA) is 86.4 Å². The standard InChI is InChI=1S/C24H21N3O4/c28-22(25-14-20-12-7-13-30-20)17-31-24(29)21-16-27(15-18-8-3-1-4-9-18)26-23(21)19-10-5-2-6-11-19/h1-13,16H,14-15,17H2,(H,25,28). The van der Waals surface area contributed by atoms with Crippen LogP contribution in [0.1, 0.15) is 21.7 Å². The van der Waals surface area contributed by atoms with Gasteiger partial charge in [-0.3, -0.25) is 9.48 Å². The minimum atomic E-state index is -0.605. The molecule has 156 valence electrons. The van der Waals surface area contributed by atoms with E-state index in [1.165, 1.54) is 6.26 Å². The molecule has 0 spiro atoms. The third-order valence-corrected chi connectivity index (χ3v) is 4.59. The second-order valence-electron chi connectivity index (χ2n) is 6.87. The van der Waals surface area contributed by atoms with Gasteiger partial charge < -0.3 is 14.5 Å². The number of carbonyl (C=O) groups is 2.